The maximum Gasteiger partial charge on any atom is 0.123 e. The smallest absolute Gasteiger partial charge is 0.123 e. The first-order valence-electron chi connectivity index (χ1n) is 10.5. The molecular weight excluding hydrogens is 292 g/mol. The average Bonchev–Trinajstić information content (AvgIpc) is 2.52. The molecule has 0 aromatic rings. The Morgan fingerprint density at radius 3 is 1.79 bits per heavy atom. The summed E-state index contributed by atoms with van der Waals surface area (Å²) in [6.07, 6.45) is 16.4. The molecule has 0 aromatic carbocycles. The summed E-state index contributed by atoms with van der Waals surface area (Å²) in [6, 6.07) is 0. The number of hydrogen-bond donors (Lipinski definition) is 0. The Kier molecular flexibility index (Phi) is 14.4. The molecule has 142 valence electrons. The van der Waals surface area contributed by atoms with Crippen LogP contribution in [0.25, 0.3) is 0 Å². The first-order valence-corrected chi connectivity index (χ1v) is 10.5. The molecule has 1 nitrogen and oxygen atoms in total. The van der Waals surface area contributed by atoms with Gasteiger partial charge in [-0.2, -0.15) is 0 Å². The number of carbonyl (C=O) groups is 1. The standard InChI is InChI=1S/C23H44O/c1-19(2)10-7-11-20(3)12-8-13-21(4)14-9-15-22(5)16-17-23(6)18-24/h16,18-21,23H,7-15,17H2,1-6H3. The van der Waals surface area contributed by atoms with Crippen molar-refractivity contribution in [2.24, 2.45) is 23.7 Å². The van der Waals surface area contributed by atoms with Crippen molar-refractivity contribution in [3.05, 3.63) is 11.6 Å². The molecule has 0 aliphatic carbocycles. The molecular formula is C23H44O. The lowest BCUT2D eigenvalue weighted by atomic mass is 9.91. The molecule has 24 heavy (non-hydrogen) atoms. The second kappa shape index (κ2) is 14.7. The van der Waals surface area contributed by atoms with Gasteiger partial charge in [0.2, 0.25) is 0 Å². The van der Waals surface area contributed by atoms with Crippen molar-refractivity contribution in [3.63, 3.8) is 0 Å². The molecule has 0 aliphatic rings. The van der Waals surface area contributed by atoms with E-state index in [1.54, 1.807) is 0 Å². The normalized spacial score (nSPS) is 16.2. The lowest BCUT2D eigenvalue weighted by Crippen LogP contribution is -2.00. The molecule has 0 bridgehead atoms. The van der Waals surface area contributed by atoms with Crippen LogP contribution in [0.15, 0.2) is 11.6 Å². The van der Waals surface area contributed by atoms with Gasteiger partial charge in [-0.3, -0.25) is 0 Å². The molecule has 0 N–H and O–H groups in total. The molecule has 0 fully saturated rings. The van der Waals surface area contributed by atoms with Crippen molar-refractivity contribution in [2.45, 2.75) is 106 Å². The quantitative estimate of drug-likeness (QED) is 0.222. The summed E-state index contributed by atoms with van der Waals surface area (Å²) in [5.74, 6) is 2.79. The Labute approximate surface area is 152 Å². The summed E-state index contributed by atoms with van der Waals surface area (Å²) >= 11 is 0. The van der Waals surface area contributed by atoms with Gasteiger partial charge >= 0.3 is 0 Å². The Hall–Kier alpha value is -0.590. The van der Waals surface area contributed by atoms with Gasteiger partial charge in [-0.05, 0) is 43.9 Å². The zero-order valence-corrected chi connectivity index (χ0v) is 17.4. The van der Waals surface area contributed by atoms with Gasteiger partial charge in [0.1, 0.15) is 6.29 Å². The van der Waals surface area contributed by atoms with Crippen LogP contribution < -0.4 is 0 Å². The van der Waals surface area contributed by atoms with E-state index in [9.17, 15) is 4.79 Å². The van der Waals surface area contributed by atoms with Gasteiger partial charge in [0, 0.05) is 5.92 Å². The van der Waals surface area contributed by atoms with Crippen LogP contribution in [0, 0.1) is 23.7 Å². The second-order valence-electron chi connectivity index (χ2n) is 8.76. The largest absolute Gasteiger partial charge is 0.303 e. The molecule has 0 saturated carbocycles. The minimum absolute atomic E-state index is 0.168. The summed E-state index contributed by atoms with van der Waals surface area (Å²) in [7, 11) is 0. The SMILES string of the molecule is CC(=CCC(C)C=O)CCCC(C)CCCC(C)CCCC(C)C. The van der Waals surface area contributed by atoms with E-state index >= 15 is 0 Å². The second-order valence-corrected chi connectivity index (χ2v) is 8.76. The van der Waals surface area contributed by atoms with E-state index in [0.717, 1.165) is 30.5 Å². The van der Waals surface area contributed by atoms with E-state index in [2.05, 4.69) is 40.7 Å². The molecule has 3 unspecified atom stereocenters. The van der Waals surface area contributed by atoms with Crippen molar-refractivity contribution in [3.8, 4) is 0 Å². The fraction of sp³-hybridized carbons (Fsp3) is 0.870. The van der Waals surface area contributed by atoms with Gasteiger partial charge < -0.3 is 4.79 Å². The van der Waals surface area contributed by atoms with Crippen molar-refractivity contribution < 1.29 is 4.79 Å². The third-order valence-electron chi connectivity index (χ3n) is 5.21. The predicted molar refractivity (Wildman–Crippen MR) is 108 cm³/mol. The van der Waals surface area contributed by atoms with Gasteiger partial charge in [0.05, 0.1) is 0 Å². The zero-order valence-electron chi connectivity index (χ0n) is 17.4. The summed E-state index contributed by atoms with van der Waals surface area (Å²) in [5.41, 5.74) is 1.45. The van der Waals surface area contributed by atoms with Gasteiger partial charge in [0.25, 0.3) is 0 Å². The highest BCUT2D eigenvalue weighted by atomic mass is 16.1. The van der Waals surface area contributed by atoms with Gasteiger partial charge in [-0.1, -0.05) is 91.2 Å². The van der Waals surface area contributed by atoms with E-state index in [0.29, 0.717) is 0 Å². The monoisotopic (exact) mass is 336 g/mol. The first kappa shape index (κ1) is 23.4. The van der Waals surface area contributed by atoms with Crippen molar-refractivity contribution in [2.75, 3.05) is 0 Å². The summed E-state index contributed by atoms with van der Waals surface area (Å²) in [5, 5.41) is 0. The van der Waals surface area contributed by atoms with Gasteiger partial charge in [-0.25, -0.2) is 0 Å². The Morgan fingerprint density at radius 1 is 0.792 bits per heavy atom. The van der Waals surface area contributed by atoms with Crippen LogP contribution in [0.3, 0.4) is 0 Å². The van der Waals surface area contributed by atoms with Crippen LogP contribution in [0.4, 0.5) is 0 Å². The van der Waals surface area contributed by atoms with Gasteiger partial charge in [0.15, 0.2) is 0 Å². The maximum absolute atomic E-state index is 10.6. The minimum Gasteiger partial charge on any atom is -0.303 e. The number of rotatable bonds is 15. The number of hydrogen-bond acceptors (Lipinski definition) is 1. The fourth-order valence-corrected chi connectivity index (χ4v) is 3.25. The zero-order chi connectivity index (χ0) is 18.4. The van der Waals surface area contributed by atoms with Crippen LogP contribution in [0.2, 0.25) is 0 Å². The molecule has 0 rings (SSSR count). The van der Waals surface area contributed by atoms with E-state index in [4.69, 9.17) is 0 Å². The Balaban J connectivity index is 3.65. The van der Waals surface area contributed by atoms with Gasteiger partial charge in [-0.15, -0.1) is 0 Å². The fourth-order valence-electron chi connectivity index (χ4n) is 3.25. The molecule has 0 heterocycles. The Bertz CT molecular complexity index is 329. The molecule has 0 aliphatic heterocycles. The lowest BCUT2D eigenvalue weighted by Gasteiger charge is -2.15. The van der Waals surface area contributed by atoms with E-state index in [-0.39, 0.29) is 5.92 Å². The first-order chi connectivity index (χ1) is 11.3. The highest BCUT2D eigenvalue weighted by Gasteiger charge is 2.06. The lowest BCUT2D eigenvalue weighted by molar-refractivity contribution is -0.110. The molecule has 0 amide bonds. The van der Waals surface area contributed by atoms with Crippen molar-refractivity contribution in [1.82, 2.24) is 0 Å². The van der Waals surface area contributed by atoms with E-state index < -0.39 is 0 Å². The van der Waals surface area contributed by atoms with Crippen molar-refractivity contribution >= 4 is 6.29 Å². The highest BCUT2D eigenvalue weighted by Crippen LogP contribution is 2.22. The van der Waals surface area contributed by atoms with Crippen LogP contribution in [-0.2, 0) is 4.79 Å². The van der Waals surface area contributed by atoms with Crippen LogP contribution >= 0.6 is 0 Å². The number of carbonyl (C=O) groups excluding carboxylic acids is 1. The maximum atomic E-state index is 10.6. The average molecular weight is 337 g/mol. The minimum atomic E-state index is 0.168. The molecule has 3 atom stereocenters. The number of allylic oxidation sites excluding steroid dienone is 2. The number of aldehydes is 1. The third-order valence-corrected chi connectivity index (χ3v) is 5.21. The topological polar surface area (TPSA) is 17.1 Å². The molecule has 0 spiro atoms. The van der Waals surface area contributed by atoms with Crippen LogP contribution in [0.5, 0.6) is 0 Å². The Morgan fingerprint density at radius 2 is 1.29 bits per heavy atom. The van der Waals surface area contributed by atoms with Crippen molar-refractivity contribution in [1.29, 1.82) is 0 Å². The van der Waals surface area contributed by atoms with E-state index in [1.807, 2.05) is 6.92 Å². The van der Waals surface area contributed by atoms with E-state index in [1.165, 1.54) is 63.4 Å². The summed E-state index contributed by atoms with van der Waals surface area (Å²) in [6.45, 7) is 13.7. The van der Waals surface area contributed by atoms with Crippen LogP contribution in [0.1, 0.15) is 106 Å². The summed E-state index contributed by atoms with van der Waals surface area (Å²) < 4.78 is 0. The third kappa shape index (κ3) is 15.0. The molecule has 1 heteroatoms. The predicted octanol–water partition coefficient (Wildman–Crippen LogP) is 7.60. The summed E-state index contributed by atoms with van der Waals surface area (Å²) in [4.78, 5) is 10.6. The molecule has 0 saturated heterocycles. The van der Waals surface area contributed by atoms with Crippen LogP contribution in [-0.4, -0.2) is 6.29 Å². The highest BCUT2D eigenvalue weighted by molar-refractivity contribution is 5.53. The molecule has 0 aromatic heterocycles. The molecule has 0 radical (unpaired) electrons.